The van der Waals surface area contributed by atoms with Crippen molar-refractivity contribution in [2.24, 2.45) is 0 Å². The van der Waals surface area contributed by atoms with E-state index in [1.807, 2.05) is 0 Å². The number of aliphatic hydroxyl groups is 1. The first-order valence-corrected chi connectivity index (χ1v) is 4.33. The zero-order valence-corrected chi connectivity index (χ0v) is 8.57. The molecule has 1 N–H and O–H groups in total. The van der Waals surface area contributed by atoms with Crippen molar-refractivity contribution in [3.05, 3.63) is 0 Å². The summed E-state index contributed by atoms with van der Waals surface area (Å²) < 4.78 is 5.49. The predicted molar refractivity (Wildman–Crippen MR) is 39.2 cm³/mol. The highest BCUT2D eigenvalue weighted by molar-refractivity contribution is 5.13. The van der Waals surface area contributed by atoms with Crippen molar-refractivity contribution < 1.29 is 26.8 Å². The first-order chi connectivity index (χ1) is 5.27. The molecule has 0 saturated carbocycles. The summed E-state index contributed by atoms with van der Waals surface area (Å²) in [6, 6.07) is 1.02. The number of rotatable bonds is 0. The van der Waals surface area contributed by atoms with Gasteiger partial charge in [0.2, 0.25) is 0 Å². The lowest BCUT2D eigenvalue weighted by Gasteiger charge is -2.36. The topological polar surface area (TPSA) is 36.0 Å². The molecule has 3 fully saturated rings. The van der Waals surface area contributed by atoms with E-state index in [1.54, 1.807) is 0 Å². The third-order valence-electron chi connectivity index (χ3n) is 3.39. The maximum absolute atomic E-state index is 9.46. The number of morpholine rings is 1. The number of fused-ring (bicyclic) bond motifs is 5. The van der Waals surface area contributed by atoms with Gasteiger partial charge in [0.05, 0.1) is 6.10 Å². The van der Waals surface area contributed by atoms with Gasteiger partial charge in [0.1, 0.15) is 12.2 Å². The normalized spacial score (nSPS) is 56.0. The van der Waals surface area contributed by atoms with E-state index in [4.69, 9.17) is 4.74 Å². The number of piperidine rings is 1. The van der Waals surface area contributed by atoms with Crippen LogP contribution >= 0.6 is 0 Å². The lowest BCUT2D eigenvalue weighted by molar-refractivity contribution is -0.0000528. The number of halogens is 1. The molecule has 2 bridgehead atoms. The van der Waals surface area contributed by atoms with Gasteiger partial charge in [-0.15, -0.1) is 0 Å². The van der Waals surface area contributed by atoms with Crippen LogP contribution in [0.4, 0.5) is 0 Å². The Morgan fingerprint density at radius 2 is 1.75 bits per heavy atom. The molecule has 3 aliphatic heterocycles. The van der Waals surface area contributed by atoms with Crippen LogP contribution in [-0.4, -0.2) is 47.4 Å². The smallest absolute Gasteiger partial charge is 0.101 e. The Labute approximate surface area is 82.5 Å². The number of ether oxygens (including phenoxy) is 1. The summed E-state index contributed by atoms with van der Waals surface area (Å²) in [5.74, 6) is 0. The first kappa shape index (κ1) is 8.94. The van der Waals surface area contributed by atoms with Gasteiger partial charge in [-0.1, -0.05) is 0 Å². The van der Waals surface area contributed by atoms with Gasteiger partial charge in [-0.05, 0) is 19.9 Å². The lowest BCUT2D eigenvalue weighted by Crippen LogP contribution is -3.00. The van der Waals surface area contributed by atoms with E-state index in [-0.39, 0.29) is 23.1 Å². The minimum atomic E-state index is -0.0717. The zero-order valence-electron chi connectivity index (χ0n) is 6.98. The molecule has 3 saturated heterocycles. The first-order valence-electron chi connectivity index (χ1n) is 4.33. The molecule has 3 rings (SSSR count). The predicted octanol–water partition coefficient (Wildman–Crippen LogP) is -3.40. The Kier molecular flexibility index (Phi) is 1.99. The van der Waals surface area contributed by atoms with Crippen molar-refractivity contribution in [1.82, 2.24) is 4.90 Å². The third kappa shape index (κ3) is 0.985. The maximum Gasteiger partial charge on any atom is 0.101 e. The van der Waals surface area contributed by atoms with Crippen molar-refractivity contribution in [2.45, 2.75) is 43.2 Å². The van der Waals surface area contributed by atoms with Gasteiger partial charge in [-0.3, -0.25) is 4.90 Å². The standard InChI is InChI=1S/C8H13NO2.BrH/c1-9-5-2-4(10)3-6(9)8-7(5)11-8;/h4-8,10H,2-3H2,1H3;1H/p-1. The zero-order chi connectivity index (χ0) is 7.59. The van der Waals surface area contributed by atoms with Crippen molar-refractivity contribution in [2.75, 3.05) is 7.05 Å². The molecule has 0 amide bonds. The van der Waals surface area contributed by atoms with Crippen LogP contribution in [0.25, 0.3) is 0 Å². The number of hydrogen-bond donors (Lipinski definition) is 1. The minimum absolute atomic E-state index is 0. The van der Waals surface area contributed by atoms with Gasteiger partial charge in [0.15, 0.2) is 0 Å². The summed E-state index contributed by atoms with van der Waals surface area (Å²) in [5.41, 5.74) is 0. The van der Waals surface area contributed by atoms with Crippen LogP contribution in [0, 0.1) is 0 Å². The Bertz CT molecular complexity index is 183. The van der Waals surface area contributed by atoms with E-state index < -0.39 is 0 Å². The van der Waals surface area contributed by atoms with Crippen molar-refractivity contribution >= 4 is 0 Å². The van der Waals surface area contributed by atoms with Gasteiger partial charge in [0, 0.05) is 12.1 Å². The van der Waals surface area contributed by atoms with Gasteiger partial charge < -0.3 is 26.8 Å². The van der Waals surface area contributed by atoms with Gasteiger partial charge in [-0.25, -0.2) is 0 Å². The molecular weight excluding hydrogens is 222 g/mol. The van der Waals surface area contributed by atoms with Crippen molar-refractivity contribution in [1.29, 1.82) is 0 Å². The number of nitrogens with zero attached hydrogens (tertiary/aromatic N) is 1. The molecule has 0 aromatic carbocycles. The molecule has 0 aromatic rings. The van der Waals surface area contributed by atoms with E-state index in [2.05, 4.69) is 11.9 Å². The van der Waals surface area contributed by atoms with E-state index in [0.717, 1.165) is 12.8 Å². The summed E-state index contributed by atoms with van der Waals surface area (Å²) in [6.45, 7) is 0. The highest BCUT2D eigenvalue weighted by Gasteiger charge is 2.62. The third-order valence-corrected chi connectivity index (χ3v) is 3.39. The number of likely N-dealkylation sites (N-methyl/N-ethyl adjacent to an activating group) is 1. The maximum atomic E-state index is 9.46. The molecule has 4 heteroatoms. The molecule has 70 valence electrons. The molecule has 4 atom stereocenters. The van der Waals surface area contributed by atoms with Crippen LogP contribution < -0.4 is 17.0 Å². The summed E-state index contributed by atoms with van der Waals surface area (Å²) in [6.07, 6.45) is 2.67. The molecule has 3 aliphatic rings. The average Bonchev–Trinajstić information content (AvgIpc) is 2.66. The van der Waals surface area contributed by atoms with Crippen LogP contribution in [0.2, 0.25) is 0 Å². The van der Waals surface area contributed by atoms with Crippen molar-refractivity contribution in [3.8, 4) is 0 Å². The largest absolute Gasteiger partial charge is 1.00 e. The molecule has 3 nitrogen and oxygen atoms in total. The second kappa shape index (κ2) is 2.67. The Hall–Kier alpha value is 0.360. The Morgan fingerprint density at radius 3 is 2.25 bits per heavy atom. The summed E-state index contributed by atoms with van der Waals surface area (Å²) in [5, 5.41) is 9.46. The van der Waals surface area contributed by atoms with Crippen LogP contribution in [0.5, 0.6) is 0 Å². The average molecular weight is 235 g/mol. The van der Waals surface area contributed by atoms with Crippen LogP contribution in [0.3, 0.4) is 0 Å². The lowest BCUT2D eigenvalue weighted by atomic mass is 10.00. The van der Waals surface area contributed by atoms with E-state index in [9.17, 15) is 5.11 Å². The molecule has 3 heterocycles. The number of aliphatic hydroxyl groups excluding tert-OH is 1. The monoisotopic (exact) mass is 234 g/mol. The second-order valence-electron chi connectivity index (χ2n) is 3.99. The van der Waals surface area contributed by atoms with E-state index in [0.29, 0.717) is 24.3 Å². The van der Waals surface area contributed by atoms with E-state index in [1.165, 1.54) is 0 Å². The molecule has 12 heavy (non-hydrogen) atoms. The molecular formula is C8H13BrNO2-. The summed E-state index contributed by atoms with van der Waals surface area (Å²) >= 11 is 0. The van der Waals surface area contributed by atoms with Gasteiger partial charge >= 0.3 is 0 Å². The Balaban J connectivity index is 0.000000563. The fourth-order valence-electron chi connectivity index (χ4n) is 2.72. The highest BCUT2D eigenvalue weighted by atomic mass is 79.9. The molecule has 0 aliphatic carbocycles. The molecule has 0 radical (unpaired) electrons. The Morgan fingerprint density at radius 1 is 1.25 bits per heavy atom. The SMILES string of the molecule is CN1C2CC(O)CC1C1OC12.[Br-]. The fourth-order valence-corrected chi connectivity index (χ4v) is 2.72. The quantitative estimate of drug-likeness (QED) is 0.444. The summed E-state index contributed by atoms with van der Waals surface area (Å²) in [4.78, 5) is 2.38. The fraction of sp³-hybridized carbons (Fsp3) is 1.00. The van der Waals surface area contributed by atoms with E-state index >= 15 is 0 Å². The van der Waals surface area contributed by atoms with Crippen molar-refractivity contribution in [3.63, 3.8) is 0 Å². The number of epoxide rings is 1. The molecule has 0 aromatic heterocycles. The molecule has 4 unspecified atom stereocenters. The van der Waals surface area contributed by atoms with Crippen LogP contribution in [0.15, 0.2) is 0 Å². The number of hydrogen-bond acceptors (Lipinski definition) is 3. The highest BCUT2D eigenvalue weighted by Crippen LogP contribution is 2.47. The minimum Gasteiger partial charge on any atom is -1.00 e. The summed E-state index contributed by atoms with van der Waals surface area (Å²) in [7, 11) is 2.15. The van der Waals surface area contributed by atoms with Gasteiger partial charge in [-0.2, -0.15) is 0 Å². The molecule has 0 spiro atoms. The second-order valence-corrected chi connectivity index (χ2v) is 3.99. The van der Waals surface area contributed by atoms with Gasteiger partial charge in [0.25, 0.3) is 0 Å². The van der Waals surface area contributed by atoms with Crippen LogP contribution in [0.1, 0.15) is 12.8 Å². The van der Waals surface area contributed by atoms with Crippen LogP contribution in [-0.2, 0) is 4.74 Å².